The maximum absolute atomic E-state index is 13.3. The fraction of sp³-hybridized carbons (Fsp3) is 0.478. The van der Waals surface area contributed by atoms with Crippen LogP contribution < -0.4 is 9.47 Å². The first-order chi connectivity index (χ1) is 13.7. The smallest absolute Gasteiger partial charge is 0.161 e. The van der Waals surface area contributed by atoms with Gasteiger partial charge in [-0.1, -0.05) is 18.2 Å². The number of methoxy groups -OCH3 is 2. The predicted octanol–water partition coefficient (Wildman–Crippen LogP) is 4.02. The Morgan fingerprint density at radius 3 is 2.10 bits per heavy atom. The third-order valence-electron chi connectivity index (χ3n) is 4.35. The zero-order chi connectivity index (χ0) is 21.4. The molecule has 29 heavy (non-hydrogen) atoms. The number of hydrogen-bond donors (Lipinski definition) is 1. The molecule has 0 aromatic heterocycles. The van der Waals surface area contributed by atoms with Crippen molar-refractivity contribution in [2.75, 3.05) is 27.4 Å². The van der Waals surface area contributed by atoms with Crippen LogP contribution in [0.15, 0.2) is 42.5 Å². The van der Waals surface area contributed by atoms with Gasteiger partial charge >= 0.3 is 0 Å². The summed E-state index contributed by atoms with van der Waals surface area (Å²) in [6.07, 6.45) is -0.644. The van der Waals surface area contributed by atoms with Crippen molar-refractivity contribution in [1.82, 2.24) is 4.90 Å². The van der Waals surface area contributed by atoms with E-state index in [0.29, 0.717) is 31.1 Å². The minimum absolute atomic E-state index is 0.245. The van der Waals surface area contributed by atoms with Crippen LogP contribution in [-0.2, 0) is 17.8 Å². The van der Waals surface area contributed by atoms with Crippen LogP contribution in [-0.4, -0.2) is 49.1 Å². The zero-order valence-electron chi connectivity index (χ0n) is 17.9. The molecule has 0 spiro atoms. The van der Waals surface area contributed by atoms with E-state index in [2.05, 4.69) is 4.90 Å². The van der Waals surface area contributed by atoms with Gasteiger partial charge in [-0.05, 0) is 56.2 Å². The Balaban J connectivity index is 2.13. The number of rotatable bonds is 10. The van der Waals surface area contributed by atoms with E-state index < -0.39 is 6.10 Å². The molecule has 5 nitrogen and oxygen atoms in total. The number of aliphatic hydroxyl groups excluding tert-OH is 1. The minimum Gasteiger partial charge on any atom is -0.493 e. The topological polar surface area (TPSA) is 51.2 Å². The summed E-state index contributed by atoms with van der Waals surface area (Å²) in [5.74, 6) is 1.06. The van der Waals surface area contributed by atoms with Crippen molar-refractivity contribution in [2.24, 2.45) is 0 Å². The molecule has 1 atom stereocenters. The SMILES string of the molecule is COc1ccc(CN(Cc2ccc(F)cc2)CC(O)COC(C)(C)C)cc1OC. The average Bonchev–Trinajstić information content (AvgIpc) is 2.67. The lowest BCUT2D eigenvalue weighted by molar-refractivity contribution is -0.0572. The van der Waals surface area contributed by atoms with Crippen molar-refractivity contribution in [1.29, 1.82) is 0 Å². The van der Waals surface area contributed by atoms with E-state index in [9.17, 15) is 9.50 Å². The van der Waals surface area contributed by atoms with Gasteiger partial charge in [0.1, 0.15) is 5.82 Å². The summed E-state index contributed by atoms with van der Waals surface area (Å²) in [5.41, 5.74) is 1.68. The fourth-order valence-corrected chi connectivity index (χ4v) is 2.97. The van der Waals surface area contributed by atoms with E-state index in [1.807, 2.05) is 39.0 Å². The van der Waals surface area contributed by atoms with E-state index >= 15 is 0 Å². The molecule has 0 aliphatic heterocycles. The van der Waals surface area contributed by atoms with E-state index in [0.717, 1.165) is 11.1 Å². The highest BCUT2D eigenvalue weighted by molar-refractivity contribution is 5.42. The molecule has 0 amide bonds. The van der Waals surface area contributed by atoms with Gasteiger partial charge in [-0.25, -0.2) is 4.39 Å². The van der Waals surface area contributed by atoms with E-state index in [1.54, 1.807) is 26.4 Å². The summed E-state index contributed by atoms with van der Waals surface area (Å²) in [7, 11) is 3.20. The second-order valence-electron chi connectivity index (χ2n) is 8.06. The number of nitrogens with zero attached hydrogens (tertiary/aromatic N) is 1. The van der Waals surface area contributed by atoms with E-state index in [4.69, 9.17) is 14.2 Å². The van der Waals surface area contributed by atoms with Gasteiger partial charge in [-0.3, -0.25) is 4.90 Å². The van der Waals surface area contributed by atoms with Crippen molar-refractivity contribution < 1.29 is 23.7 Å². The van der Waals surface area contributed by atoms with E-state index in [1.165, 1.54) is 12.1 Å². The van der Waals surface area contributed by atoms with Crippen LogP contribution in [0.1, 0.15) is 31.9 Å². The maximum atomic E-state index is 13.3. The van der Waals surface area contributed by atoms with Crippen LogP contribution in [0.4, 0.5) is 4.39 Å². The Labute approximate surface area is 173 Å². The highest BCUT2D eigenvalue weighted by Crippen LogP contribution is 2.28. The highest BCUT2D eigenvalue weighted by atomic mass is 19.1. The normalized spacial score (nSPS) is 12.8. The van der Waals surface area contributed by atoms with Gasteiger partial charge in [0.15, 0.2) is 11.5 Å². The van der Waals surface area contributed by atoms with Crippen LogP contribution in [0.25, 0.3) is 0 Å². The standard InChI is InChI=1S/C23H32FNO4/c1-23(2,3)29-16-20(26)15-25(13-17-6-9-19(24)10-7-17)14-18-8-11-21(27-4)22(12-18)28-5/h6-12,20,26H,13-16H2,1-5H3. The Kier molecular flexibility index (Phi) is 8.44. The fourth-order valence-electron chi connectivity index (χ4n) is 2.97. The zero-order valence-corrected chi connectivity index (χ0v) is 17.9. The summed E-state index contributed by atoms with van der Waals surface area (Å²) < 4.78 is 29.7. The molecule has 0 fully saturated rings. The average molecular weight is 406 g/mol. The van der Waals surface area contributed by atoms with E-state index in [-0.39, 0.29) is 18.0 Å². The first kappa shape index (κ1) is 23.1. The van der Waals surface area contributed by atoms with Crippen molar-refractivity contribution in [2.45, 2.75) is 45.6 Å². The molecule has 0 saturated carbocycles. The van der Waals surface area contributed by atoms with Crippen molar-refractivity contribution >= 4 is 0 Å². The van der Waals surface area contributed by atoms with Gasteiger partial charge in [0.25, 0.3) is 0 Å². The number of halogens is 1. The Hall–Kier alpha value is -2.15. The molecule has 0 saturated heterocycles. The molecule has 0 aliphatic carbocycles. The van der Waals surface area contributed by atoms with Crippen molar-refractivity contribution in [3.8, 4) is 11.5 Å². The first-order valence-electron chi connectivity index (χ1n) is 9.70. The second kappa shape index (κ2) is 10.6. The maximum Gasteiger partial charge on any atom is 0.161 e. The summed E-state index contributed by atoms with van der Waals surface area (Å²) >= 11 is 0. The summed E-state index contributed by atoms with van der Waals surface area (Å²) in [5, 5.41) is 10.5. The first-order valence-corrected chi connectivity index (χ1v) is 9.70. The number of ether oxygens (including phenoxy) is 3. The molecule has 0 aliphatic rings. The molecule has 0 heterocycles. The molecule has 1 N–H and O–H groups in total. The molecule has 1 unspecified atom stereocenters. The van der Waals surface area contributed by atoms with Crippen LogP contribution in [0.3, 0.4) is 0 Å². The summed E-state index contributed by atoms with van der Waals surface area (Å²) in [6, 6.07) is 12.2. The third-order valence-corrected chi connectivity index (χ3v) is 4.35. The van der Waals surface area contributed by atoms with Gasteiger partial charge in [0, 0.05) is 19.6 Å². The lowest BCUT2D eigenvalue weighted by Crippen LogP contribution is -2.36. The van der Waals surface area contributed by atoms with Crippen LogP contribution in [0.5, 0.6) is 11.5 Å². The van der Waals surface area contributed by atoms with Crippen LogP contribution in [0, 0.1) is 5.82 Å². The minimum atomic E-state index is -0.644. The van der Waals surface area contributed by atoms with Gasteiger partial charge in [-0.15, -0.1) is 0 Å². The summed E-state index contributed by atoms with van der Waals surface area (Å²) in [4.78, 5) is 2.10. The summed E-state index contributed by atoms with van der Waals surface area (Å²) in [6.45, 7) is 7.70. The number of hydrogen-bond acceptors (Lipinski definition) is 5. The highest BCUT2D eigenvalue weighted by Gasteiger charge is 2.18. The molecule has 2 rings (SSSR count). The number of aliphatic hydroxyl groups is 1. The Bertz CT molecular complexity index is 758. The van der Waals surface area contributed by atoms with Gasteiger partial charge < -0.3 is 19.3 Å². The molecular formula is C23H32FNO4. The monoisotopic (exact) mass is 405 g/mol. The lowest BCUT2D eigenvalue weighted by Gasteiger charge is -2.28. The van der Waals surface area contributed by atoms with Crippen LogP contribution >= 0.6 is 0 Å². The lowest BCUT2D eigenvalue weighted by atomic mass is 10.1. The quantitative estimate of drug-likeness (QED) is 0.647. The van der Waals surface area contributed by atoms with Gasteiger partial charge in [-0.2, -0.15) is 0 Å². The third kappa shape index (κ3) is 8.01. The Morgan fingerprint density at radius 2 is 1.52 bits per heavy atom. The molecular weight excluding hydrogens is 373 g/mol. The predicted molar refractivity (Wildman–Crippen MR) is 112 cm³/mol. The molecule has 6 heteroatoms. The molecule has 2 aromatic carbocycles. The van der Waals surface area contributed by atoms with Crippen molar-refractivity contribution in [3.05, 3.63) is 59.4 Å². The van der Waals surface area contributed by atoms with Crippen molar-refractivity contribution in [3.63, 3.8) is 0 Å². The second-order valence-corrected chi connectivity index (χ2v) is 8.06. The molecule has 160 valence electrons. The Morgan fingerprint density at radius 1 is 0.931 bits per heavy atom. The largest absolute Gasteiger partial charge is 0.493 e. The number of benzene rings is 2. The van der Waals surface area contributed by atoms with Gasteiger partial charge in [0.2, 0.25) is 0 Å². The molecule has 2 aromatic rings. The van der Waals surface area contributed by atoms with Crippen LogP contribution in [0.2, 0.25) is 0 Å². The van der Waals surface area contributed by atoms with Gasteiger partial charge in [0.05, 0.1) is 32.5 Å². The molecule has 0 bridgehead atoms. The molecule has 0 radical (unpaired) electrons.